The number of hydrogen-bond donors (Lipinski definition) is 3. The third-order valence-corrected chi connectivity index (χ3v) is 2.73. The standard InChI is InChI=1S/C12H17N3O2/c1-15(5-2-6-16)8-9-3-4-10-11(7-9)14-12(17)13-10/h3-4,7,16H,2,5-6,8H2,1H3,(H2,13,14,17). The molecule has 17 heavy (non-hydrogen) atoms. The summed E-state index contributed by atoms with van der Waals surface area (Å²) in [4.78, 5) is 18.7. The molecule has 0 aliphatic rings. The lowest BCUT2D eigenvalue weighted by Crippen LogP contribution is -2.19. The summed E-state index contributed by atoms with van der Waals surface area (Å²) < 4.78 is 0. The van der Waals surface area contributed by atoms with Crippen molar-refractivity contribution in [1.82, 2.24) is 14.9 Å². The summed E-state index contributed by atoms with van der Waals surface area (Å²) in [5, 5.41) is 8.75. The molecule has 1 aromatic heterocycles. The average Bonchev–Trinajstić information content (AvgIpc) is 2.65. The van der Waals surface area contributed by atoms with Gasteiger partial charge in [0.2, 0.25) is 0 Å². The van der Waals surface area contributed by atoms with E-state index in [1.807, 2.05) is 25.2 Å². The Bertz CT molecular complexity index is 544. The highest BCUT2D eigenvalue weighted by atomic mass is 16.3. The van der Waals surface area contributed by atoms with E-state index < -0.39 is 0 Å². The normalized spacial score (nSPS) is 11.5. The number of H-pyrrole nitrogens is 2. The number of hydrogen-bond acceptors (Lipinski definition) is 3. The molecule has 0 aliphatic heterocycles. The van der Waals surface area contributed by atoms with Gasteiger partial charge >= 0.3 is 5.69 Å². The number of nitrogens with one attached hydrogen (secondary N) is 2. The smallest absolute Gasteiger partial charge is 0.323 e. The number of rotatable bonds is 5. The molecule has 2 rings (SSSR count). The molecule has 0 bridgehead atoms. The van der Waals surface area contributed by atoms with E-state index in [1.165, 1.54) is 0 Å². The van der Waals surface area contributed by atoms with E-state index in [1.54, 1.807) is 0 Å². The third kappa shape index (κ3) is 2.95. The van der Waals surface area contributed by atoms with E-state index in [0.29, 0.717) is 0 Å². The second-order valence-corrected chi connectivity index (χ2v) is 4.27. The summed E-state index contributed by atoms with van der Waals surface area (Å²) in [6.07, 6.45) is 0.778. The molecule has 0 saturated heterocycles. The van der Waals surface area contributed by atoms with Crippen molar-refractivity contribution in [3.8, 4) is 0 Å². The zero-order chi connectivity index (χ0) is 12.3. The Morgan fingerprint density at radius 2 is 2.06 bits per heavy atom. The Hall–Kier alpha value is -1.59. The first-order valence-corrected chi connectivity index (χ1v) is 5.69. The highest BCUT2D eigenvalue weighted by Gasteiger charge is 2.03. The summed E-state index contributed by atoms with van der Waals surface area (Å²) in [6.45, 7) is 1.88. The number of fused-ring (bicyclic) bond motifs is 1. The number of imidazole rings is 1. The van der Waals surface area contributed by atoms with Crippen molar-refractivity contribution in [2.24, 2.45) is 0 Å². The van der Waals surface area contributed by atoms with E-state index in [9.17, 15) is 4.79 Å². The minimum atomic E-state index is -0.175. The fourth-order valence-corrected chi connectivity index (χ4v) is 1.91. The van der Waals surface area contributed by atoms with Gasteiger partial charge in [-0.2, -0.15) is 0 Å². The van der Waals surface area contributed by atoms with E-state index in [4.69, 9.17) is 5.11 Å². The molecule has 0 saturated carbocycles. The van der Waals surface area contributed by atoms with Crippen molar-refractivity contribution in [1.29, 1.82) is 0 Å². The van der Waals surface area contributed by atoms with Crippen LogP contribution in [0.5, 0.6) is 0 Å². The number of aromatic amines is 2. The maximum Gasteiger partial charge on any atom is 0.323 e. The van der Waals surface area contributed by atoms with Gasteiger partial charge in [0, 0.05) is 19.7 Å². The molecule has 2 aromatic rings. The Balaban J connectivity index is 2.10. The van der Waals surface area contributed by atoms with Crippen LogP contribution in [0.25, 0.3) is 11.0 Å². The summed E-state index contributed by atoms with van der Waals surface area (Å²) in [6, 6.07) is 5.88. The first-order valence-electron chi connectivity index (χ1n) is 5.69. The van der Waals surface area contributed by atoms with E-state index >= 15 is 0 Å². The van der Waals surface area contributed by atoms with Gasteiger partial charge in [0.15, 0.2) is 0 Å². The number of aliphatic hydroxyl groups excluding tert-OH is 1. The van der Waals surface area contributed by atoms with Crippen molar-refractivity contribution in [2.45, 2.75) is 13.0 Å². The molecule has 0 aliphatic carbocycles. The molecule has 0 atom stereocenters. The summed E-state index contributed by atoms with van der Waals surface area (Å²) >= 11 is 0. The maximum atomic E-state index is 11.1. The minimum absolute atomic E-state index is 0.175. The van der Waals surface area contributed by atoms with Crippen molar-refractivity contribution in [2.75, 3.05) is 20.2 Å². The molecule has 5 heteroatoms. The van der Waals surface area contributed by atoms with Gasteiger partial charge < -0.3 is 20.0 Å². The molecule has 0 fully saturated rings. The van der Waals surface area contributed by atoms with Crippen LogP contribution in [0.15, 0.2) is 23.0 Å². The van der Waals surface area contributed by atoms with Crippen LogP contribution >= 0.6 is 0 Å². The highest BCUT2D eigenvalue weighted by molar-refractivity contribution is 5.74. The molecule has 0 amide bonds. The number of benzene rings is 1. The molecule has 0 radical (unpaired) electrons. The fourth-order valence-electron chi connectivity index (χ4n) is 1.91. The van der Waals surface area contributed by atoms with E-state index in [2.05, 4.69) is 14.9 Å². The number of aromatic nitrogens is 2. The lowest BCUT2D eigenvalue weighted by molar-refractivity contribution is 0.244. The summed E-state index contributed by atoms with van der Waals surface area (Å²) in [5.74, 6) is 0. The van der Waals surface area contributed by atoms with Gasteiger partial charge in [0.1, 0.15) is 0 Å². The number of nitrogens with zero attached hydrogens (tertiary/aromatic N) is 1. The molecular weight excluding hydrogens is 218 g/mol. The molecule has 0 spiro atoms. The first-order chi connectivity index (χ1) is 8.19. The van der Waals surface area contributed by atoms with Crippen molar-refractivity contribution in [3.63, 3.8) is 0 Å². The largest absolute Gasteiger partial charge is 0.396 e. The van der Waals surface area contributed by atoms with Gasteiger partial charge in [-0.3, -0.25) is 0 Å². The van der Waals surface area contributed by atoms with E-state index in [-0.39, 0.29) is 12.3 Å². The lowest BCUT2D eigenvalue weighted by Gasteiger charge is -2.15. The Morgan fingerprint density at radius 1 is 1.29 bits per heavy atom. The molecule has 3 N–H and O–H groups in total. The van der Waals surface area contributed by atoms with Crippen LogP contribution < -0.4 is 5.69 Å². The maximum absolute atomic E-state index is 11.1. The molecular formula is C12H17N3O2. The van der Waals surface area contributed by atoms with Crippen LogP contribution in [0.4, 0.5) is 0 Å². The predicted molar refractivity (Wildman–Crippen MR) is 67.0 cm³/mol. The van der Waals surface area contributed by atoms with Gasteiger partial charge in [-0.15, -0.1) is 0 Å². The SMILES string of the molecule is CN(CCCO)Cc1ccc2[nH]c(=O)[nH]c2c1. The van der Waals surface area contributed by atoms with E-state index in [0.717, 1.165) is 36.1 Å². The van der Waals surface area contributed by atoms with Crippen LogP contribution in [0.2, 0.25) is 0 Å². The average molecular weight is 235 g/mol. The highest BCUT2D eigenvalue weighted by Crippen LogP contribution is 2.11. The van der Waals surface area contributed by atoms with Crippen molar-refractivity contribution < 1.29 is 5.11 Å². The van der Waals surface area contributed by atoms with Crippen LogP contribution in [-0.4, -0.2) is 40.2 Å². The first kappa shape index (κ1) is 11.9. The topological polar surface area (TPSA) is 72.1 Å². The molecule has 0 unspecified atom stereocenters. The van der Waals surface area contributed by atoms with Crippen LogP contribution in [0.3, 0.4) is 0 Å². The second-order valence-electron chi connectivity index (χ2n) is 4.27. The third-order valence-electron chi connectivity index (χ3n) is 2.73. The zero-order valence-electron chi connectivity index (χ0n) is 9.86. The van der Waals surface area contributed by atoms with Crippen molar-refractivity contribution in [3.05, 3.63) is 34.2 Å². The van der Waals surface area contributed by atoms with Gasteiger partial charge in [-0.05, 0) is 31.2 Å². The molecule has 1 aromatic carbocycles. The van der Waals surface area contributed by atoms with Crippen LogP contribution in [0, 0.1) is 0 Å². The van der Waals surface area contributed by atoms with Gasteiger partial charge in [0.05, 0.1) is 11.0 Å². The summed E-state index contributed by atoms with van der Waals surface area (Å²) in [7, 11) is 2.01. The van der Waals surface area contributed by atoms with Crippen LogP contribution in [0.1, 0.15) is 12.0 Å². The number of aliphatic hydroxyl groups is 1. The predicted octanol–water partition coefficient (Wildman–Crippen LogP) is 0.670. The van der Waals surface area contributed by atoms with Gasteiger partial charge in [0.25, 0.3) is 0 Å². The Labute approximate surface area is 99.1 Å². The second kappa shape index (κ2) is 5.16. The quantitative estimate of drug-likeness (QED) is 0.713. The Morgan fingerprint density at radius 3 is 2.82 bits per heavy atom. The minimum Gasteiger partial charge on any atom is -0.396 e. The lowest BCUT2D eigenvalue weighted by atomic mass is 10.2. The fraction of sp³-hybridized carbons (Fsp3) is 0.417. The van der Waals surface area contributed by atoms with Crippen molar-refractivity contribution >= 4 is 11.0 Å². The monoisotopic (exact) mass is 235 g/mol. The summed E-state index contributed by atoms with van der Waals surface area (Å²) in [5.41, 5.74) is 2.64. The van der Waals surface area contributed by atoms with Crippen LogP contribution in [-0.2, 0) is 6.54 Å². The molecule has 1 heterocycles. The van der Waals surface area contributed by atoms with Gasteiger partial charge in [-0.1, -0.05) is 6.07 Å². The molecule has 92 valence electrons. The molecule has 5 nitrogen and oxygen atoms in total. The Kier molecular flexibility index (Phi) is 3.61. The zero-order valence-corrected chi connectivity index (χ0v) is 9.86. The van der Waals surface area contributed by atoms with Gasteiger partial charge in [-0.25, -0.2) is 4.79 Å².